The minimum atomic E-state index is -3.69. The largest absolute Gasteiger partial charge is 0.497 e. The minimum Gasteiger partial charge on any atom is -0.497 e. The second-order valence-corrected chi connectivity index (χ2v) is 9.31. The van der Waals surface area contributed by atoms with Crippen molar-refractivity contribution in [1.29, 1.82) is 0 Å². The first-order valence-electron chi connectivity index (χ1n) is 10.3. The van der Waals surface area contributed by atoms with Gasteiger partial charge in [-0.1, -0.05) is 18.6 Å². The molecule has 2 aromatic carbocycles. The Hall–Kier alpha value is -2.29. The van der Waals surface area contributed by atoms with Gasteiger partial charge in [0, 0.05) is 18.7 Å². The molecule has 0 saturated carbocycles. The van der Waals surface area contributed by atoms with E-state index in [2.05, 4.69) is 9.62 Å². The number of hydrogen-bond acceptors (Lipinski definition) is 6. The molecule has 1 N–H and O–H groups in total. The number of ether oxygens (including phenoxy) is 3. The Bertz CT molecular complexity index is 956. The van der Waals surface area contributed by atoms with E-state index in [1.165, 1.54) is 12.5 Å². The van der Waals surface area contributed by atoms with Gasteiger partial charge < -0.3 is 14.2 Å². The van der Waals surface area contributed by atoms with Gasteiger partial charge in [0.15, 0.2) is 11.5 Å². The minimum absolute atomic E-state index is 0.0387. The fourth-order valence-corrected chi connectivity index (χ4v) is 5.03. The van der Waals surface area contributed by atoms with Crippen LogP contribution in [0.3, 0.4) is 0 Å². The Morgan fingerprint density at radius 2 is 1.70 bits per heavy atom. The molecule has 8 heteroatoms. The van der Waals surface area contributed by atoms with E-state index in [0.717, 1.165) is 37.2 Å². The number of piperidine rings is 1. The topological polar surface area (TPSA) is 77.1 Å². The van der Waals surface area contributed by atoms with Gasteiger partial charge in [-0.05, 0) is 55.8 Å². The number of fused-ring (bicyclic) bond motifs is 1. The van der Waals surface area contributed by atoms with Crippen molar-refractivity contribution in [3.8, 4) is 17.2 Å². The van der Waals surface area contributed by atoms with Gasteiger partial charge in [0.1, 0.15) is 19.0 Å². The maximum absolute atomic E-state index is 13.0. The van der Waals surface area contributed by atoms with Gasteiger partial charge in [-0.2, -0.15) is 0 Å². The second kappa shape index (κ2) is 9.24. The molecule has 2 aliphatic heterocycles. The van der Waals surface area contributed by atoms with Crippen LogP contribution in [0.4, 0.5) is 0 Å². The van der Waals surface area contributed by atoms with Crippen LogP contribution in [-0.4, -0.2) is 53.3 Å². The van der Waals surface area contributed by atoms with Crippen molar-refractivity contribution in [3.63, 3.8) is 0 Å². The van der Waals surface area contributed by atoms with Gasteiger partial charge in [-0.15, -0.1) is 0 Å². The number of likely N-dealkylation sites (tertiary alicyclic amines) is 1. The second-order valence-electron chi connectivity index (χ2n) is 7.54. The van der Waals surface area contributed by atoms with Crippen molar-refractivity contribution in [3.05, 3.63) is 48.0 Å². The summed E-state index contributed by atoms with van der Waals surface area (Å²) in [5, 5.41) is 0. The molecule has 0 bridgehead atoms. The smallest absolute Gasteiger partial charge is 0.240 e. The lowest BCUT2D eigenvalue weighted by Crippen LogP contribution is -2.40. The molecule has 2 aromatic rings. The van der Waals surface area contributed by atoms with Gasteiger partial charge in [0.2, 0.25) is 10.0 Å². The third kappa shape index (κ3) is 4.71. The molecule has 0 spiro atoms. The summed E-state index contributed by atoms with van der Waals surface area (Å²) in [5.74, 6) is 1.82. The summed E-state index contributed by atoms with van der Waals surface area (Å²) in [6.45, 7) is 3.10. The van der Waals surface area contributed by atoms with Crippen LogP contribution >= 0.6 is 0 Å². The van der Waals surface area contributed by atoms with Crippen molar-refractivity contribution in [1.82, 2.24) is 9.62 Å². The van der Waals surface area contributed by atoms with E-state index >= 15 is 0 Å². The number of nitrogens with zero attached hydrogens (tertiary/aromatic N) is 1. The summed E-state index contributed by atoms with van der Waals surface area (Å²) in [7, 11) is -2.05. The predicted molar refractivity (Wildman–Crippen MR) is 114 cm³/mol. The van der Waals surface area contributed by atoms with Gasteiger partial charge in [0.25, 0.3) is 0 Å². The highest BCUT2D eigenvalue weighted by Gasteiger charge is 2.26. The molecule has 1 atom stereocenters. The Labute approximate surface area is 178 Å². The van der Waals surface area contributed by atoms with Crippen LogP contribution < -0.4 is 18.9 Å². The van der Waals surface area contributed by atoms with Crippen molar-refractivity contribution in [2.24, 2.45) is 0 Å². The summed E-state index contributed by atoms with van der Waals surface area (Å²) < 4.78 is 45.1. The van der Waals surface area contributed by atoms with Crippen LogP contribution in [0.25, 0.3) is 0 Å². The molecule has 30 heavy (non-hydrogen) atoms. The molecule has 0 aromatic heterocycles. The van der Waals surface area contributed by atoms with E-state index in [1.54, 1.807) is 19.2 Å². The molecule has 1 fully saturated rings. The lowest BCUT2D eigenvalue weighted by molar-refractivity contribution is 0.164. The Morgan fingerprint density at radius 3 is 2.40 bits per heavy atom. The first-order chi connectivity index (χ1) is 14.6. The third-order valence-electron chi connectivity index (χ3n) is 5.62. The van der Waals surface area contributed by atoms with Crippen LogP contribution in [-0.2, 0) is 10.0 Å². The summed E-state index contributed by atoms with van der Waals surface area (Å²) >= 11 is 0. The first kappa shape index (κ1) is 21.0. The maximum atomic E-state index is 13.0. The van der Waals surface area contributed by atoms with Crippen molar-refractivity contribution >= 4 is 10.0 Å². The number of methoxy groups -OCH3 is 1. The molecule has 0 unspecified atom stereocenters. The van der Waals surface area contributed by atoms with Crippen molar-refractivity contribution in [2.75, 3.05) is 40.0 Å². The van der Waals surface area contributed by atoms with E-state index in [-0.39, 0.29) is 10.9 Å². The SMILES string of the molecule is COc1ccc([C@@H](CNS(=O)(=O)c2ccc3c(c2)OCCO3)N2CCCCC2)cc1. The zero-order valence-electron chi connectivity index (χ0n) is 17.2. The number of sulfonamides is 1. The van der Waals surface area contributed by atoms with Crippen LogP contribution in [0.15, 0.2) is 47.4 Å². The van der Waals surface area contributed by atoms with Crippen LogP contribution in [0.5, 0.6) is 17.2 Å². The first-order valence-corrected chi connectivity index (χ1v) is 11.8. The summed E-state index contributed by atoms with van der Waals surface area (Å²) in [5.41, 5.74) is 1.07. The highest BCUT2D eigenvalue weighted by molar-refractivity contribution is 7.89. The standard InChI is InChI=1S/C22H28N2O5S/c1-27-18-7-5-17(6-8-18)20(24-11-3-2-4-12-24)16-23-30(25,26)19-9-10-21-22(15-19)29-14-13-28-21/h5-10,15,20,23H,2-4,11-14,16H2,1H3/t20-/m1/s1. The van der Waals surface area contributed by atoms with Gasteiger partial charge in [0.05, 0.1) is 12.0 Å². The third-order valence-corrected chi connectivity index (χ3v) is 7.04. The molecule has 0 amide bonds. The Kier molecular flexibility index (Phi) is 6.46. The highest BCUT2D eigenvalue weighted by Crippen LogP contribution is 2.32. The van der Waals surface area contributed by atoms with E-state index in [4.69, 9.17) is 14.2 Å². The summed E-state index contributed by atoms with van der Waals surface area (Å²) in [6, 6.07) is 12.5. The number of rotatable bonds is 7. The molecule has 2 heterocycles. The van der Waals surface area contributed by atoms with E-state index < -0.39 is 10.0 Å². The lowest BCUT2D eigenvalue weighted by Gasteiger charge is -2.35. The molecule has 4 rings (SSSR count). The monoisotopic (exact) mass is 432 g/mol. The van der Waals surface area contributed by atoms with Gasteiger partial charge in [-0.3, -0.25) is 4.90 Å². The average Bonchev–Trinajstić information content (AvgIpc) is 2.80. The fourth-order valence-electron chi connectivity index (χ4n) is 3.98. The average molecular weight is 433 g/mol. The number of benzene rings is 2. The highest BCUT2D eigenvalue weighted by atomic mass is 32.2. The van der Waals surface area contributed by atoms with Crippen LogP contribution in [0, 0.1) is 0 Å². The van der Waals surface area contributed by atoms with E-state index in [9.17, 15) is 8.42 Å². The Balaban J connectivity index is 1.53. The molecule has 7 nitrogen and oxygen atoms in total. The van der Waals surface area contributed by atoms with E-state index in [1.807, 2.05) is 24.3 Å². The quantitative estimate of drug-likeness (QED) is 0.725. The lowest BCUT2D eigenvalue weighted by atomic mass is 10.0. The predicted octanol–water partition coefficient (Wildman–Crippen LogP) is 2.97. The number of nitrogens with one attached hydrogen (secondary N) is 1. The van der Waals surface area contributed by atoms with Gasteiger partial charge >= 0.3 is 0 Å². The zero-order valence-corrected chi connectivity index (χ0v) is 18.0. The van der Waals surface area contributed by atoms with Crippen LogP contribution in [0.2, 0.25) is 0 Å². The molecular weight excluding hydrogens is 404 g/mol. The summed E-state index contributed by atoms with van der Waals surface area (Å²) in [4.78, 5) is 2.54. The van der Waals surface area contributed by atoms with E-state index in [0.29, 0.717) is 31.3 Å². The van der Waals surface area contributed by atoms with Crippen molar-refractivity contribution < 1.29 is 22.6 Å². The zero-order chi connectivity index (χ0) is 21.0. The molecule has 162 valence electrons. The molecule has 0 aliphatic carbocycles. The van der Waals surface area contributed by atoms with Gasteiger partial charge in [-0.25, -0.2) is 13.1 Å². The molecular formula is C22H28N2O5S. The normalized spacial score (nSPS) is 18.0. The van der Waals surface area contributed by atoms with Crippen LogP contribution in [0.1, 0.15) is 30.9 Å². The molecule has 1 saturated heterocycles. The number of hydrogen-bond donors (Lipinski definition) is 1. The summed E-state index contributed by atoms with van der Waals surface area (Å²) in [6.07, 6.45) is 3.47. The Morgan fingerprint density at radius 1 is 1.00 bits per heavy atom. The molecule has 0 radical (unpaired) electrons. The molecule has 2 aliphatic rings. The fraction of sp³-hybridized carbons (Fsp3) is 0.455. The maximum Gasteiger partial charge on any atom is 0.240 e. The van der Waals surface area contributed by atoms with Crippen molar-refractivity contribution in [2.45, 2.75) is 30.2 Å².